The summed E-state index contributed by atoms with van der Waals surface area (Å²) in [6.07, 6.45) is 3.72. The molecule has 0 radical (unpaired) electrons. The van der Waals surface area contributed by atoms with Crippen LogP contribution in [-0.4, -0.2) is 61.0 Å². The third kappa shape index (κ3) is 3.03. The maximum absolute atomic E-state index is 12.3. The van der Waals surface area contributed by atoms with Crippen molar-refractivity contribution in [2.75, 3.05) is 33.4 Å². The van der Waals surface area contributed by atoms with Crippen molar-refractivity contribution in [1.82, 2.24) is 9.80 Å². The molecule has 2 rings (SSSR count). The van der Waals surface area contributed by atoms with Gasteiger partial charge in [-0.2, -0.15) is 0 Å². The van der Waals surface area contributed by atoms with Gasteiger partial charge in [0.25, 0.3) is 0 Å². The van der Waals surface area contributed by atoms with Crippen molar-refractivity contribution in [1.29, 1.82) is 0 Å². The van der Waals surface area contributed by atoms with E-state index in [4.69, 9.17) is 9.47 Å². The quantitative estimate of drug-likeness (QED) is 0.788. The zero-order valence-corrected chi connectivity index (χ0v) is 12.4. The van der Waals surface area contributed by atoms with Crippen molar-refractivity contribution in [3.05, 3.63) is 0 Å². The third-order valence-corrected chi connectivity index (χ3v) is 4.41. The van der Waals surface area contributed by atoms with Crippen LogP contribution in [0.3, 0.4) is 0 Å². The van der Waals surface area contributed by atoms with Crippen molar-refractivity contribution in [2.24, 2.45) is 0 Å². The average molecular weight is 270 g/mol. The molecule has 2 aliphatic rings. The van der Waals surface area contributed by atoms with Gasteiger partial charge in [0.05, 0.1) is 13.2 Å². The second-order valence-corrected chi connectivity index (χ2v) is 5.40. The lowest BCUT2D eigenvalue weighted by Crippen LogP contribution is -2.49. The fourth-order valence-electron chi connectivity index (χ4n) is 3.09. The van der Waals surface area contributed by atoms with Gasteiger partial charge in [-0.1, -0.05) is 0 Å². The number of urea groups is 1. The summed E-state index contributed by atoms with van der Waals surface area (Å²) < 4.78 is 11.4. The lowest BCUT2D eigenvalue weighted by molar-refractivity contribution is -0.182. The first kappa shape index (κ1) is 14.6. The Labute approximate surface area is 115 Å². The maximum Gasteiger partial charge on any atom is 0.319 e. The molecule has 2 amide bonds. The van der Waals surface area contributed by atoms with Crippen LogP contribution in [0.2, 0.25) is 0 Å². The molecule has 19 heavy (non-hydrogen) atoms. The molecule has 0 aromatic carbocycles. The molecular formula is C14H26N2O3. The summed E-state index contributed by atoms with van der Waals surface area (Å²) in [5.41, 5.74) is 0. The van der Waals surface area contributed by atoms with Crippen LogP contribution in [0.1, 0.15) is 39.5 Å². The Morgan fingerprint density at radius 3 is 2.16 bits per heavy atom. The summed E-state index contributed by atoms with van der Waals surface area (Å²) >= 11 is 0. The predicted octanol–water partition coefficient (Wildman–Crippen LogP) is 2.07. The van der Waals surface area contributed by atoms with Crippen LogP contribution in [0.5, 0.6) is 0 Å². The molecule has 1 spiro atoms. The zero-order chi connectivity index (χ0) is 13.9. The smallest absolute Gasteiger partial charge is 0.319 e. The molecule has 1 heterocycles. The van der Waals surface area contributed by atoms with Crippen molar-refractivity contribution >= 4 is 6.03 Å². The molecular weight excluding hydrogens is 244 g/mol. The van der Waals surface area contributed by atoms with Crippen molar-refractivity contribution in [3.63, 3.8) is 0 Å². The molecule has 0 aromatic rings. The van der Waals surface area contributed by atoms with E-state index in [2.05, 4.69) is 0 Å². The number of carbonyl (C=O) groups excluding carboxylic acids is 1. The minimum absolute atomic E-state index is 0.138. The van der Waals surface area contributed by atoms with E-state index in [1.54, 1.807) is 0 Å². The Kier molecular flexibility index (Phi) is 4.68. The molecule has 110 valence electrons. The summed E-state index contributed by atoms with van der Waals surface area (Å²) in [6.45, 7) is 6.99. The Bertz CT molecular complexity index is 302. The van der Waals surface area contributed by atoms with E-state index in [1.807, 2.05) is 30.7 Å². The van der Waals surface area contributed by atoms with Gasteiger partial charge in [0, 0.05) is 39.0 Å². The monoisotopic (exact) mass is 270 g/mol. The van der Waals surface area contributed by atoms with Crippen LogP contribution in [0.25, 0.3) is 0 Å². The fraction of sp³-hybridized carbons (Fsp3) is 0.929. The predicted molar refractivity (Wildman–Crippen MR) is 73.0 cm³/mol. The van der Waals surface area contributed by atoms with Crippen LogP contribution in [0.15, 0.2) is 0 Å². The van der Waals surface area contributed by atoms with Crippen LogP contribution >= 0.6 is 0 Å². The van der Waals surface area contributed by atoms with E-state index < -0.39 is 0 Å². The van der Waals surface area contributed by atoms with E-state index in [-0.39, 0.29) is 11.8 Å². The standard InChI is InChI=1S/C14H26N2O3/c1-4-16(5-2)13(17)15(3)12-6-8-14(9-7-12)18-10-11-19-14/h12H,4-11H2,1-3H3. The van der Waals surface area contributed by atoms with E-state index in [0.29, 0.717) is 19.3 Å². The molecule has 1 saturated carbocycles. The topological polar surface area (TPSA) is 42.0 Å². The lowest BCUT2D eigenvalue weighted by Gasteiger charge is -2.40. The number of hydrogen-bond acceptors (Lipinski definition) is 3. The van der Waals surface area contributed by atoms with Gasteiger partial charge < -0.3 is 19.3 Å². The number of nitrogens with zero attached hydrogens (tertiary/aromatic N) is 2. The van der Waals surface area contributed by atoms with Crippen molar-refractivity contribution < 1.29 is 14.3 Å². The molecule has 0 unspecified atom stereocenters. The largest absolute Gasteiger partial charge is 0.348 e. The molecule has 5 nitrogen and oxygen atoms in total. The SMILES string of the molecule is CCN(CC)C(=O)N(C)C1CCC2(CC1)OCCO2. The van der Waals surface area contributed by atoms with Gasteiger partial charge in [-0.25, -0.2) is 4.79 Å². The molecule has 1 aliphatic carbocycles. The van der Waals surface area contributed by atoms with Gasteiger partial charge >= 0.3 is 6.03 Å². The second-order valence-electron chi connectivity index (χ2n) is 5.40. The molecule has 1 saturated heterocycles. The minimum atomic E-state index is -0.338. The van der Waals surface area contributed by atoms with Crippen molar-refractivity contribution in [3.8, 4) is 0 Å². The number of hydrogen-bond donors (Lipinski definition) is 0. The molecule has 5 heteroatoms. The Balaban J connectivity index is 1.88. The third-order valence-electron chi connectivity index (χ3n) is 4.41. The number of amides is 2. The Morgan fingerprint density at radius 2 is 1.68 bits per heavy atom. The van der Waals surface area contributed by atoms with E-state index in [9.17, 15) is 4.79 Å². The Hall–Kier alpha value is -0.810. The van der Waals surface area contributed by atoms with Crippen molar-refractivity contribution in [2.45, 2.75) is 51.4 Å². The first-order chi connectivity index (χ1) is 9.12. The van der Waals surface area contributed by atoms with E-state index in [0.717, 1.165) is 38.8 Å². The zero-order valence-electron chi connectivity index (χ0n) is 12.4. The van der Waals surface area contributed by atoms with Gasteiger partial charge in [0.15, 0.2) is 5.79 Å². The highest BCUT2D eigenvalue weighted by Gasteiger charge is 2.41. The van der Waals surface area contributed by atoms with E-state index in [1.165, 1.54) is 0 Å². The van der Waals surface area contributed by atoms with Crippen LogP contribution in [0, 0.1) is 0 Å². The van der Waals surface area contributed by atoms with Gasteiger partial charge in [0.2, 0.25) is 0 Å². The number of rotatable bonds is 3. The molecule has 0 N–H and O–H groups in total. The molecule has 0 bridgehead atoms. The summed E-state index contributed by atoms with van der Waals surface area (Å²) in [7, 11) is 1.92. The van der Waals surface area contributed by atoms with Gasteiger partial charge in [0.1, 0.15) is 0 Å². The average Bonchev–Trinajstić information content (AvgIpc) is 2.88. The Morgan fingerprint density at radius 1 is 1.16 bits per heavy atom. The molecule has 0 aromatic heterocycles. The highest BCUT2D eigenvalue weighted by atomic mass is 16.7. The minimum Gasteiger partial charge on any atom is -0.348 e. The first-order valence-corrected chi connectivity index (χ1v) is 7.41. The second kappa shape index (κ2) is 6.09. The first-order valence-electron chi connectivity index (χ1n) is 7.41. The summed E-state index contributed by atoms with van der Waals surface area (Å²) in [4.78, 5) is 16.1. The van der Waals surface area contributed by atoms with Crippen LogP contribution < -0.4 is 0 Å². The summed E-state index contributed by atoms with van der Waals surface area (Å²) in [5.74, 6) is -0.338. The normalized spacial score (nSPS) is 22.7. The number of ether oxygens (including phenoxy) is 2. The van der Waals surface area contributed by atoms with E-state index >= 15 is 0 Å². The molecule has 1 aliphatic heterocycles. The lowest BCUT2D eigenvalue weighted by atomic mass is 9.89. The van der Waals surface area contributed by atoms with Crippen LogP contribution in [-0.2, 0) is 9.47 Å². The van der Waals surface area contributed by atoms with Gasteiger partial charge in [-0.05, 0) is 26.7 Å². The van der Waals surface area contributed by atoms with Crippen LogP contribution in [0.4, 0.5) is 4.79 Å². The highest BCUT2D eigenvalue weighted by Crippen LogP contribution is 2.37. The number of carbonyl (C=O) groups is 1. The molecule has 0 atom stereocenters. The van der Waals surface area contributed by atoms with Gasteiger partial charge in [-0.3, -0.25) is 0 Å². The maximum atomic E-state index is 12.3. The molecule has 2 fully saturated rings. The summed E-state index contributed by atoms with van der Waals surface area (Å²) in [5, 5.41) is 0. The summed E-state index contributed by atoms with van der Waals surface area (Å²) in [6, 6.07) is 0.450. The van der Waals surface area contributed by atoms with Gasteiger partial charge in [-0.15, -0.1) is 0 Å². The fourth-order valence-corrected chi connectivity index (χ4v) is 3.09. The highest BCUT2D eigenvalue weighted by molar-refractivity contribution is 5.74.